The Bertz CT molecular complexity index is 523. The highest BCUT2D eigenvalue weighted by Gasteiger charge is 2.08. The predicted molar refractivity (Wildman–Crippen MR) is 109 cm³/mol. The molecule has 1 aromatic carbocycles. The molecule has 0 radical (unpaired) electrons. The summed E-state index contributed by atoms with van der Waals surface area (Å²) < 4.78 is 0. The summed E-state index contributed by atoms with van der Waals surface area (Å²) in [5, 5.41) is 0. The molecule has 0 unspecified atom stereocenters. The number of carbonyl (C=O) groups is 1. The second kappa shape index (κ2) is 18.9. The molecule has 3 nitrogen and oxygen atoms in total. The number of hydrogen-bond donors (Lipinski definition) is 1. The number of nitrogens with zero attached hydrogens (tertiary/aromatic N) is 1. The zero-order valence-corrected chi connectivity index (χ0v) is 17.0. The van der Waals surface area contributed by atoms with Crippen molar-refractivity contribution in [2.24, 2.45) is 0 Å². The Kier molecular flexibility index (Phi) is 21.0. The fourth-order valence-electron chi connectivity index (χ4n) is 1.52. The lowest BCUT2D eigenvalue weighted by Gasteiger charge is -2.05. The van der Waals surface area contributed by atoms with Crippen LogP contribution in [-0.4, -0.2) is 10.8 Å². The van der Waals surface area contributed by atoms with E-state index in [1.165, 1.54) is 6.92 Å². The van der Waals surface area contributed by atoms with Crippen molar-refractivity contribution in [3.8, 4) is 11.3 Å². The maximum absolute atomic E-state index is 11.3. The molecule has 0 atom stereocenters. The number of pyridine rings is 1. The molecule has 0 saturated heterocycles. The lowest BCUT2D eigenvalue weighted by molar-refractivity contribution is 0.101. The SMILES string of the molecule is CC.CC.CC.CC.CC(=O)c1nc(-c2ccccc2)ccc1N. The normalized spacial score (nSPS) is 7.71. The number of nitrogens with two attached hydrogens (primary N) is 1. The molecule has 0 aliphatic rings. The predicted octanol–water partition coefficient (Wildman–Crippen LogP) is 6.64. The summed E-state index contributed by atoms with van der Waals surface area (Å²) in [6.07, 6.45) is 0. The van der Waals surface area contributed by atoms with E-state index in [-0.39, 0.29) is 5.78 Å². The van der Waals surface area contributed by atoms with Gasteiger partial charge in [0.2, 0.25) is 0 Å². The van der Waals surface area contributed by atoms with Crippen LogP contribution in [0.25, 0.3) is 11.3 Å². The number of aromatic nitrogens is 1. The van der Waals surface area contributed by atoms with Crippen molar-refractivity contribution in [2.75, 3.05) is 5.73 Å². The molecule has 2 N–H and O–H groups in total. The van der Waals surface area contributed by atoms with Crippen molar-refractivity contribution >= 4 is 11.5 Å². The van der Waals surface area contributed by atoms with E-state index in [1.807, 2.05) is 91.8 Å². The van der Waals surface area contributed by atoms with Gasteiger partial charge in [0.25, 0.3) is 0 Å². The summed E-state index contributed by atoms with van der Waals surface area (Å²) in [5.74, 6) is -0.115. The lowest BCUT2D eigenvalue weighted by atomic mass is 10.1. The van der Waals surface area contributed by atoms with Crippen molar-refractivity contribution in [3.63, 3.8) is 0 Å². The van der Waals surface area contributed by atoms with E-state index >= 15 is 0 Å². The number of anilines is 1. The summed E-state index contributed by atoms with van der Waals surface area (Å²) in [4.78, 5) is 15.6. The van der Waals surface area contributed by atoms with E-state index < -0.39 is 0 Å². The number of rotatable bonds is 2. The molecular weight excluding hydrogens is 296 g/mol. The maximum Gasteiger partial charge on any atom is 0.180 e. The monoisotopic (exact) mass is 332 g/mol. The molecule has 0 aliphatic carbocycles. The minimum atomic E-state index is -0.115. The fourth-order valence-corrected chi connectivity index (χ4v) is 1.52. The minimum Gasteiger partial charge on any atom is -0.397 e. The van der Waals surface area contributed by atoms with Crippen LogP contribution < -0.4 is 5.73 Å². The van der Waals surface area contributed by atoms with Gasteiger partial charge in [0.05, 0.1) is 11.4 Å². The van der Waals surface area contributed by atoms with Crippen molar-refractivity contribution in [1.82, 2.24) is 4.98 Å². The molecule has 24 heavy (non-hydrogen) atoms. The molecule has 136 valence electrons. The van der Waals surface area contributed by atoms with Gasteiger partial charge in [-0.25, -0.2) is 4.98 Å². The Morgan fingerprint density at radius 2 is 1.25 bits per heavy atom. The van der Waals surface area contributed by atoms with Gasteiger partial charge < -0.3 is 5.73 Å². The minimum absolute atomic E-state index is 0.115. The van der Waals surface area contributed by atoms with E-state index in [0.717, 1.165) is 11.3 Å². The zero-order valence-electron chi connectivity index (χ0n) is 17.0. The summed E-state index contributed by atoms with van der Waals surface area (Å²) >= 11 is 0. The van der Waals surface area contributed by atoms with Gasteiger partial charge in [0.1, 0.15) is 5.69 Å². The molecule has 3 heteroatoms. The number of Topliss-reactive ketones (excluding diaryl/α,β-unsaturated/α-hetero) is 1. The van der Waals surface area contributed by atoms with Crippen molar-refractivity contribution in [1.29, 1.82) is 0 Å². The Morgan fingerprint density at radius 1 is 0.792 bits per heavy atom. The van der Waals surface area contributed by atoms with Crippen molar-refractivity contribution in [2.45, 2.75) is 62.3 Å². The van der Waals surface area contributed by atoms with Crippen LogP contribution in [0.1, 0.15) is 72.8 Å². The van der Waals surface area contributed by atoms with Gasteiger partial charge in [0.15, 0.2) is 5.78 Å². The van der Waals surface area contributed by atoms with Crippen LogP contribution in [-0.2, 0) is 0 Å². The van der Waals surface area contributed by atoms with Crippen LogP contribution in [0.3, 0.4) is 0 Å². The van der Waals surface area contributed by atoms with Crippen LogP contribution in [0.4, 0.5) is 5.69 Å². The van der Waals surface area contributed by atoms with Gasteiger partial charge in [0, 0.05) is 12.5 Å². The molecule has 2 rings (SSSR count). The Labute approximate surface area is 149 Å². The van der Waals surface area contributed by atoms with E-state index in [0.29, 0.717) is 11.4 Å². The van der Waals surface area contributed by atoms with E-state index in [9.17, 15) is 4.79 Å². The smallest absolute Gasteiger partial charge is 0.180 e. The van der Waals surface area contributed by atoms with Crippen molar-refractivity contribution < 1.29 is 4.79 Å². The first-order chi connectivity index (χ1) is 11.7. The second-order valence-corrected chi connectivity index (χ2v) is 3.56. The fraction of sp³-hybridized carbons (Fsp3) is 0.429. The van der Waals surface area contributed by atoms with Gasteiger partial charge in [-0.1, -0.05) is 85.7 Å². The van der Waals surface area contributed by atoms with E-state index in [2.05, 4.69) is 4.98 Å². The van der Waals surface area contributed by atoms with Crippen LogP contribution in [0.15, 0.2) is 42.5 Å². The first-order valence-corrected chi connectivity index (χ1v) is 9.01. The third kappa shape index (κ3) is 9.78. The van der Waals surface area contributed by atoms with Gasteiger partial charge >= 0.3 is 0 Å². The number of ketones is 1. The van der Waals surface area contributed by atoms with Crippen LogP contribution >= 0.6 is 0 Å². The van der Waals surface area contributed by atoms with Crippen LogP contribution in [0.2, 0.25) is 0 Å². The number of carbonyl (C=O) groups excluding carboxylic acids is 1. The standard InChI is InChI=1S/C13H12N2O.4C2H6/c1-9(16)13-11(14)7-8-12(15-13)10-5-3-2-4-6-10;4*1-2/h2-8H,14H2,1H3;4*1-2H3. The lowest BCUT2D eigenvalue weighted by Crippen LogP contribution is -2.03. The zero-order chi connectivity index (χ0) is 19.5. The van der Waals surface area contributed by atoms with Gasteiger partial charge in [-0.2, -0.15) is 0 Å². The van der Waals surface area contributed by atoms with Gasteiger partial charge in [-0.15, -0.1) is 0 Å². The summed E-state index contributed by atoms with van der Waals surface area (Å²) in [7, 11) is 0. The molecule has 0 spiro atoms. The third-order valence-corrected chi connectivity index (χ3v) is 2.33. The molecule has 0 fully saturated rings. The highest BCUT2D eigenvalue weighted by Crippen LogP contribution is 2.20. The first-order valence-electron chi connectivity index (χ1n) is 9.01. The Morgan fingerprint density at radius 3 is 1.67 bits per heavy atom. The first kappa shape index (κ1) is 26.7. The van der Waals surface area contributed by atoms with Crippen LogP contribution in [0, 0.1) is 0 Å². The molecule has 0 bridgehead atoms. The topological polar surface area (TPSA) is 56.0 Å². The van der Waals surface area contributed by atoms with E-state index in [1.54, 1.807) is 6.07 Å². The number of benzene rings is 1. The van der Waals surface area contributed by atoms with Crippen molar-refractivity contribution in [3.05, 3.63) is 48.2 Å². The summed E-state index contributed by atoms with van der Waals surface area (Å²) in [6, 6.07) is 13.2. The maximum atomic E-state index is 11.3. The quantitative estimate of drug-likeness (QED) is 0.627. The largest absolute Gasteiger partial charge is 0.397 e. The Balaban J connectivity index is -0.000000484. The molecular formula is C21H36N2O. The summed E-state index contributed by atoms with van der Waals surface area (Å²) in [6.45, 7) is 17.5. The van der Waals surface area contributed by atoms with E-state index in [4.69, 9.17) is 5.73 Å². The molecule has 0 amide bonds. The molecule has 0 aliphatic heterocycles. The highest BCUT2D eigenvalue weighted by molar-refractivity contribution is 5.97. The number of hydrogen-bond acceptors (Lipinski definition) is 3. The molecule has 2 aromatic rings. The average Bonchev–Trinajstić information content (AvgIpc) is 2.69. The second-order valence-electron chi connectivity index (χ2n) is 3.56. The third-order valence-electron chi connectivity index (χ3n) is 2.33. The van der Waals surface area contributed by atoms with Gasteiger partial charge in [-0.05, 0) is 12.1 Å². The molecule has 0 saturated carbocycles. The van der Waals surface area contributed by atoms with Crippen LogP contribution in [0.5, 0.6) is 0 Å². The van der Waals surface area contributed by atoms with Gasteiger partial charge in [-0.3, -0.25) is 4.79 Å². The summed E-state index contributed by atoms with van der Waals surface area (Å²) in [5.41, 5.74) is 8.18. The molecule has 1 heterocycles. The molecule has 1 aromatic heterocycles. The highest BCUT2D eigenvalue weighted by atomic mass is 16.1. The Hall–Kier alpha value is -2.16. The number of nitrogen functional groups attached to an aromatic ring is 1. The average molecular weight is 333 g/mol.